The molecule has 0 fully saturated rings. The van der Waals surface area contributed by atoms with Crippen LogP contribution in [0.3, 0.4) is 0 Å². The molecule has 0 aromatic heterocycles. The van der Waals surface area contributed by atoms with Crippen molar-refractivity contribution in [2.24, 2.45) is 0 Å². The second kappa shape index (κ2) is 14.3. The van der Waals surface area contributed by atoms with Crippen molar-refractivity contribution in [3.05, 3.63) is 65.7 Å². The largest absolute Gasteiger partial charge is 0.497 e. The fraction of sp³-hybridized carbons (Fsp3) is 0.310. The number of carbonyl (C=O) groups excluding carboxylic acids is 2. The number of amides is 3. The molecule has 0 unspecified atom stereocenters. The van der Waals surface area contributed by atoms with Crippen LogP contribution in [0.4, 0.5) is 16.2 Å². The molecule has 0 bridgehead atoms. The molecule has 41 heavy (non-hydrogen) atoms. The lowest BCUT2D eigenvalue weighted by Crippen LogP contribution is -2.28. The van der Waals surface area contributed by atoms with Crippen molar-refractivity contribution in [1.29, 1.82) is 0 Å². The number of hydrogen-bond acceptors (Lipinski definition) is 8. The van der Waals surface area contributed by atoms with Gasteiger partial charge in [0.25, 0.3) is 5.91 Å². The number of rotatable bonds is 13. The summed E-state index contributed by atoms with van der Waals surface area (Å²) < 4.78 is 46.5. The molecule has 3 aromatic carbocycles. The van der Waals surface area contributed by atoms with E-state index in [0.29, 0.717) is 47.4 Å². The van der Waals surface area contributed by atoms with E-state index in [2.05, 4.69) is 16.0 Å². The van der Waals surface area contributed by atoms with Gasteiger partial charge in [0.1, 0.15) is 27.9 Å². The first-order chi connectivity index (χ1) is 19.6. The van der Waals surface area contributed by atoms with Crippen LogP contribution in [0.5, 0.6) is 23.0 Å². The number of hydrogen-bond donors (Lipinski definition) is 3. The van der Waals surface area contributed by atoms with Crippen LogP contribution in [0.2, 0.25) is 0 Å². The fourth-order valence-electron chi connectivity index (χ4n) is 3.86. The van der Waals surface area contributed by atoms with Gasteiger partial charge in [0, 0.05) is 35.8 Å². The number of carbonyl (C=O) groups is 2. The van der Waals surface area contributed by atoms with Crippen molar-refractivity contribution < 1.29 is 37.0 Å². The molecule has 3 rings (SSSR count). The molecule has 11 nitrogen and oxygen atoms in total. The molecular formula is C29H35N3O8S. The van der Waals surface area contributed by atoms with E-state index in [0.717, 1.165) is 6.26 Å². The molecule has 3 amide bonds. The van der Waals surface area contributed by atoms with Crippen LogP contribution in [0.25, 0.3) is 0 Å². The van der Waals surface area contributed by atoms with Gasteiger partial charge >= 0.3 is 6.03 Å². The summed E-state index contributed by atoms with van der Waals surface area (Å²) in [6, 6.07) is 14.0. The van der Waals surface area contributed by atoms with E-state index < -0.39 is 21.8 Å². The van der Waals surface area contributed by atoms with E-state index in [1.54, 1.807) is 70.3 Å². The Kier molecular flexibility index (Phi) is 10.8. The van der Waals surface area contributed by atoms with Crippen LogP contribution in [0.15, 0.2) is 59.5 Å². The third-order valence-corrected chi connectivity index (χ3v) is 6.81. The molecule has 220 valence electrons. The van der Waals surface area contributed by atoms with Crippen LogP contribution in [-0.2, 0) is 16.4 Å². The van der Waals surface area contributed by atoms with Gasteiger partial charge in [0.05, 0.1) is 32.5 Å². The van der Waals surface area contributed by atoms with E-state index in [9.17, 15) is 18.0 Å². The third kappa shape index (κ3) is 8.52. The lowest BCUT2D eigenvalue weighted by atomic mass is 10.1. The number of ether oxygens (including phenoxy) is 4. The number of methoxy groups -OCH3 is 1. The van der Waals surface area contributed by atoms with Crippen LogP contribution in [0.1, 0.15) is 36.7 Å². The average molecular weight is 586 g/mol. The van der Waals surface area contributed by atoms with Gasteiger partial charge in [-0.1, -0.05) is 0 Å². The predicted octanol–water partition coefficient (Wildman–Crippen LogP) is 4.87. The predicted molar refractivity (Wildman–Crippen MR) is 156 cm³/mol. The van der Waals surface area contributed by atoms with Crippen LogP contribution in [-0.4, -0.2) is 53.5 Å². The molecule has 3 aromatic rings. The first kappa shape index (κ1) is 31.1. The molecule has 0 saturated heterocycles. The highest BCUT2D eigenvalue weighted by molar-refractivity contribution is 7.90. The maximum Gasteiger partial charge on any atom is 0.319 e. The van der Waals surface area contributed by atoms with Crippen molar-refractivity contribution in [2.75, 3.05) is 43.8 Å². The molecule has 12 heteroatoms. The highest BCUT2D eigenvalue weighted by Crippen LogP contribution is 2.33. The maximum atomic E-state index is 13.1. The van der Waals surface area contributed by atoms with Gasteiger partial charge < -0.3 is 34.9 Å². The summed E-state index contributed by atoms with van der Waals surface area (Å²) in [4.78, 5) is 25.9. The summed E-state index contributed by atoms with van der Waals surface area (Å²) in [7, 11) is -2.02. The van der Waals surface area contributed by atoms with Gasteiger partial charge in [0.2, 0.25) is 0 Å². The topological polar surface area (TPSA) is 141 Å². The minimum Gasteiger partial charge on any atom is -0.497 e. The van der Waals surface area contributed by atoms with E-state index >= 15 is 0 Å². The van der Waals surface area contributed by atoms with Gasteiger partial charge in [-0.05, 0) is 69.3 Å². The molecule has 0 radical (unpaired) electrons. The summed E-state index contributed by atoms with van der Waals surface area (Å²) >= 11 is 0. The zero-order valence-electron chi connectivity index (χ0n) is 23.7. The number of urea groups is 1. The quantitative estimate of drug-likeness (QED) is 0.258. The average Bonchev–Trinajstić information content (AvgIpc) is 2.93. The molecule has 3 N–H and O–H groups in total. The van der Waals surface area contributed by atoms with E-state index in [1.807, 2.05) is 0 Å². The maximum absolute atomic E-state index is 13.1. The number of anilines is 2. The highest BCUT2D eigenvalue weighted by atomic mass is 32.2. The summed E-state index contributed by atoms with van der Waals surface area (Å²) in [5.74, 6) is 1.09. The van der Waals surface area contributed by atoms with E-state index in [4.69, 9.17) is 18.9 Å². The fourth-order valence-corrected chi connectivity index (χ4v) is 4.66. The Hall–Kier alpha value is -4.45. The monoisotopic (exact) mass is 585 g/mol. The summed E-state index contributed by atoms with van der Waals surface area (Å²) in [5, 5.41) is 8.26. The van der Waals surface area contributed by atoms with Gasteiger partial charge in [0.15, 0.2) is 9.84 Å². The molecule has 0 heterocycles. The zero-order chi connectivity index (χ0) is 30.0. The summed E-state index contributed by atoms with van der Waals surface area (Å²) in [6.07, 6.45) is 1.09. The Morgan fingerprint density at radius 3 is 1.98 bits per heavy atom. The summed E-state index contributed by atoms with van der Waals surface area (Å²) in [5.41, 5.74) is 1.69. The SMILES string of the molecule is CCOc1cc(S(C)(=O)=O)c(OCC)cc1CNC(=O)Nc1ccc(OCC)c(C(=O)Nc2ccc(OC)cc2)c1. The third-order valence-electron chi connectivity index (χ3n) is 5.70. The molecule has 0 aliphatic rings. The normalized spacial score (nSPS) is 10.9. The van der Waals surface area contributed by atoms with Gasteiger partial charge in [-0.3, -0.25) is 4.79 Å². The standard InChI is InChI=1S/C29H35N3O8S/c1-6-38-24-14-11-21(16-23(24)28(33)31-20-9-12-22(37-4)13-10-20)32-29(34)30-18-19-15-26(40-8-3)27(41(5,35)36)17-25(19)39-7-2/h9-17H,6-8,18H2,1-5H3,(H,31,33)(H2,30,32,34). The minimum atomic E-state index is -3.58. The minimum absolute atomic E-state index is 0.00540. The van der Waals surface area contributed by atoms with Crippen molar-refractivity contribution in [1.82, 2.24) is 5.32 Å². The lowest BCUT2D eigenvalue weighted by molar-refractivity contribution is 0.102. The van der Waals surface area contributed by atoms with Gasteiger partial charge in [-0.15, -0.1) is 0 Å². The van der Waals surface area contributed by atoms with Crippen LogP contribution < -0.4 is 34.9 Å². The van der Waals surface area contributed by atoms with E-state index in [-0.39, 0.29) is 29.4 Å². The Bertz CT molecular complexity index is 1470. The second-order valence-electron chi connectivity index (χ2n) is 8.68. The molecule has 0 atom stereocenters. The molecule has 0 spiro atoms. The number of sulfone groups is 1. The second-order valence-corrected chi connectivity index (χ2v) is 10.7. The summed E-state index contributed by atoms with van der Waals surface area (Å²) in [6.45, 7) is 6.25. The Labute approximate surface area is 240 Å². The first-order valence-electron chi connectivity index (χ1n) is 13.0. The highest BCUT2D eigenvalue weighted by Gasteiger charge is 2.20. The Morgan fingerprint density at radius 1 is 0.756 bits per heavy atom. The lowest BCUT2D eigenvalue weighted by Gasteiger charge is -2.17. The van der Waals surface area contributed by atoms with Crippen LogP contribution >= 0.6 is 0 Å². The first-order valence-corrected chi connectivity index (χ1v) is 14.9. The smallest absolute Gasteiger partial charge is 0.319 e. The molecule has 0 aliphatic carbocycles. The molecule has 0 aliphatic heterocycles. The van der Waals surface area contributed by atoms with E-state index in [1.165, 1.54) is 12.1 Å². The Balaban J connectivity index is 1.78. The van der Waals surface area contributed by atoms with Crippen LogP contribution in [0, 0.1) is 0 Å². The molecular weight excluding hydrogens is 550 g/mol. The number of nitrogens with one attached hydrogen (secondary N) is 3. The number of benzene rings is 3. The zero-order valence-corrected chi connectivity index (χ0v) is 24.5. The van der Waals surface area contributed by atoms with Crippen molar-refractivity contribution in [3.63, 3.8) is 0 Å². The van der Waals surface area contributed by atoms with Crippen molar-refractivity contribution in [2.45, 2.75) is 32.2 Å². The van der Waals surface area contributed by atoms with Gasteiger partial charge in [-0.2, -0.15) is 0 Å². The molecule has 0 saturated carbocycles. The Morgan fingerprint density at radius 2 is 1.37 bits per heavy atom. The van der Waals surface area contributed by atoms with Crippen molar-refractivity contribution in [3.8, 4) is 23.0 Å². The van der Waals surface area contributed by atoms with Gasteiger partial charge in [-0.25, -0.2) is 13.2 Å². The van der Waals surface area contributed by atoms with Crippen molar-refractivity contribution >= 4 is 33.2 Å².